The molecule has 2 fully saturated rings. The number of unbranched alkanes of at least 4 members (excludes halogenated alkanes) is 6. The maximum atomic E-state index is 2.49. The van der Waals surface area contributed by atoms with Crippen LogP contribution in [0.4, 0.5) is 0 Å². The fourth-order valence-electron chi connectivity index (χ4n) is 8.50. The summed E-state index contributed by atoms with van der Waals surface area (Å²) >= 11 is 0. The SMILES string of the molecule is CCCCCCCCC[C@H]1CC[C@H](CCc2ccc(-c3ccc(CC[C@H]4CC[C@H](CCC)CC4)c(C)c3)c(C)c2)CC1. The highest BCUT2D eigenvalue weighted by Crippen LogP contribution is 2.36. The zero-order valence-corrected chi connectivity index (χ0v) is 28.3. The van der Waals surface area contributed by atoms with Crippen molar-refractivity contribution < 1.29 is 0 Å². The normalized spacial score (nSPS) is 22.9. The molecule has 0 radical (unpaired) electrons. The smallest absolute Gasteiger partial charge is 0.0154 e. The van der Waals surface area contributed by atoms with Gasteiger partial charge < -0.3 is 0 Å². The summed E-state index contributed by atoms with van der Waals surface area (Å²) in [6.45, 7) is 9.32. The van der Waals surface area contributed by atoms with Crippen molar-refractivity contribution in [2.75, 3.05) is 0 Å². The molecule has 2 saturated carbocycles. The molecule has 0 aromatic heterocycles. The van der Waals surface area contributed by atoms with Gasteiger partial charge in [0.2, 0.25) is 0 Å². The van der Waals surface area contributed by atoms with E-state index < -0.39 is 0 Å². The lowest BCUT2D eigenvalue weighted by atomic mass is 9.77. The third-order valence-corrected chi connectivity index (χ3v) is 11.5. The molecule has 42 heavy (non-hydrogen) atoms. The lowest BCUT2D eigenvalue weighted by Crippen LogP contribution is -2.15. The zero-order valence-electron chi connectivity index (χ0n) is 28.3. The minimum absolute atomic E-state index is 0.955. The van der Waals surface area contributed by atoms with Gasteiger partial charge >= 0.3 is 0 Å². The predicted octanol–water partition coefficient (Wildman–Crippen LogP) is 13.4. The Morgan fingerprint density at radius 3 is 1.67 bits per heavy atom. The Morgan fingerprint density at radius 2 is 1.07 bits per heavy atom. The van der Waals surface area contributed by atoms with Crippen LogP contribution in [0.25, 0.3) is 11.1 Å². The van der Waals surface area contributed by atoms with Crippen molar-refractivity contribution in [3.8, 4) is 11.1 Å². The van der Waals surface area contributed by atoms with E-state index in [-0.39, 0.29) is 0 Å². The first-order valence-corrected chi connectivity index (χ1v) is 18.7. The van der Waals surface area contributed by atoms with Crippen molar-refractivity contribution in [2.45, 2.75) is 169 Å². The third kappa shape index (κ3) is 10.9. The van der Waals surface area contributed by atoms with Crippen molar-refractivity contribution in [1.82, 2.24) is 0 Å². The Labute approximate surface area is 261 Å². The molecule has 0 saturated heterocycles. The van der Waals surface area contributed by atoms with Crippen LogP contribution in [0.15, 0.2) is 36.4 Å². The second-order valence-corrected chi connectivity index (χ2v) is 14.8. The largest absolute Gasteiger partial charge is 0.0654 e. The fourth-order valence-corrected chi connectivity index (χ4v) is 8.50. The van der Waals surface area contributed by atoms with Crippen LogP contribution in [0.1, 0.15) is 165 Å². The number of aryl methyl sites for hydroxylation is 4. The summed E-state index contributed by atoms with van der Waals surface area (Å²) in [6.07, 6.45) is 31.6. The topological polar surface area (TPSA) is 0 Å². The van der Waals surface area contributed by atoms with Crippen molar-refractivity contribution in [2.24, 2.45) is 23.7 Å². The highest BCUT2D eigenvalue weighted by Gasteiger charge is 2.22. The van der Waals surface area contributed by atoms with E-state index in [1.54, 1.807) is 11.1 Å². The molecule has 2 aliphatic rings. The van der Waals surface area contributed by atoms with Crippen LogP contribution < -0.4 is 0 Å². The number of rotatable bonds is 17. The van der Waals surface area contributed by atoms with E-state index in [0.717, 1.165) is 23.7 Å². The van der Waals surface area contributed by atoms with Gasteiger partial charge in [0, 0.05) is 0 Å². The van der Waals surface area contributed by atoms with Crippen LogP contribution in [-0.4, -0.2) is 0 Å². The molecule has 0 amide bonds. The first-order chi connectivity index (χ1) is 20.6. The Hall–Kier alpha value is -1.56. The van der Waals surface area contributed by atoms with E-state index >= 15 is 0 Å². The van der Waals surface area contributed by atoms with Gasteiger partial charge in [0.1, 0.15) is 0 Å². The monoisotopic (exact) mass is 571 g/mol. The van der Waals surface area contributed by atoms with E-state index in [2.05, 4.69) is 64.1 Å². The lowest BCUT2D eigenvalue weighted by molar-refractivity contribution is 0.248. The maximum absolute atomic E-state index is 2.49. The Bertz CT molecular complexity index is 1010. The maximum Gasteiger partial charge on any atom is -0.0154 e. The third-order valence-electron chi connectivity index (χ3n) is 11.5. The summed E-state index contributed by atoms with van der Waals surface area (Å²) in [5, 5.41) is 0. The molecule has 0 bridgehead atoms. The Balaban J connectivity index is 1.16. The second-order valence-electron chi connectivity index (χ2n) is 14.8. The van der Waals surface area contributed by atoms with E-state index in [1.807, 2.05) is 0 Å². The molecule has 0 atom stereocenters. The quantitative estimate of drug-likeness (QED) is 0.166. The summed E-state index contributed by atoms with van der Waals surface area (Å²) in [7, 11) is 0. The van der Waals surface area contributed by atoms with Crippen molar-refractivity contribution >= 4 is 0 Å². The van der Waals surface area contributed by atoms with Crippen LogP contribution >= 0.6 is 0 Å². The van der Waals surface area contributed by atoms with Gasteiger partial charge in [-0.15, -0.1) is 0 Å². The van der Waals surface area contributed by atoms with Gasteiger partial charge in [0.25, 0.3) is 0 Å². The first kappa shape index (κ1) is 33.3. The average molecular weight is 571 g/mol. The van der Waals surface area contributed by atoms with E-state index in [9.17, 15) is 0 Å². The molecule has 2 aromatic carbocycles. The number of hydrogen-bond acceptors (Lipinski definition) is 0. The highest BCUT2D eigenvalue weighted by molar-refractivity contribution is 5.68. The highest BCUT2D eigenvalue weighted by atomic mass is 14.3. The molecule has 0 aliphatic heterocycles. The summed E-state index contributed by atoms with van der Waals surface area (Å²) in [5.74, 6) is 3.96. The van der Waals surface area contributed by atoms with E-state index in [1.165, 1.54) is 164 Å². The summed E-state index contributed by atoms with van der Waals surface area (Å²) in [6, 6.07) is 14.6. The number of hydrogen-bond donors (Lipinski definition) is 0. The van der Waals surface area contributed by atoms with Gasteiger partial charge in [0.15, 0.2) is 0 Å². The molecule has 0 N–H and O–H groups in total. The van der Waals surface area contributed by atoms with Crippen molar-refractivity contribution in [3.05, 3.63) is 58.7 Å². The molecular formula is C42H66. The summed E-state index contributed by atoms with van der Waals surface area (Å²) < 4.78 is 0. The molecule has 2 aromatic rings. The van der Waals surface area contributed by atoms with Gasteiger partial charge in [-0.05, 0) is 96.6 Å². The summed E-state index contributed by atoms with van der Waals surface area (Å²) in [5.41, 5.74) is 8.87. The van der Waals surface area contributed by atoms with Gasteiger partial charge in [-0.25, -0.2) is 0 Å². The van der Waals surface area contributed by atoms with Crippen LogP contribution in [0.5, 0.6) is 0 Å². The zero-order chi connectivity index (χ0) is 29.6. The Morgan fingerprint density at radius 1 is 0.500 bits per heavy atom. The Kier molecular flexibility index (Phi) is 14.5. The van der Waals surface area contributed by atoms with Crippen LogP contribution in [0.3, 0.4) is 0 Å². The molecule has 0 spiro atoms. The van der Waals surface area contributed by atoms with Gasteiger partial charge in [-0.3, -0.25) is 0 Å². The fraction of sp³-hybridized carbons (Fsp3) is 0.714. The molecular weight excluding hydrogens is 504 g/mol. The first-order valence-electron chi connectivity index (χ1n) is 18.7. The molecule has 4 rings (SSSR count). The molecule has 234 valence electrons. The molecule has 0 heteroatoms. The van der Waals surface area contributed by atoms with Gasteiger partial charge in [-0.2, -0.15) is 0 Å². The van der Waals surface area contributed by atoms with Crippen molar-refractivity contribution in [1.29, 1.82) is 0 Å². The molecule has 2 aliphatic carbocycles. The van der Waals surface area contributed by atoms with Crippen LogP contribution in [0, 0.1) is 37.5 Å². The standard InChI is InChI=1S/C42H66/c1-5-7-8-9-10-11-12-14-36-17-21-37(22-18-36)23-24-39-26-30-42(34(4)31-39)41-29-28-40(33(3)32-41)27-25-38-19-15-35(13-6-2)16-20-38/h26,28-32,35-38H,5-25,27H2,1-4H3/t35-,36-,37-,38-. The van der Waals surface area contributed by atoms with Crippen LogP contribution in [-0.2, 0) is 12.8 Å². The number of benzene rings is 2. The lowest BCUT2D eigenvalue weighted by Gasteiger charge is -2.28. The minimum Gasteiger partial charge on any atom is -0.0654 e. The molecule has 0 nitrogen and oxygen atoms in total. The second kappa shape index (κ2) is 18.3. The minimum atomic E-state index is 0.955. The average Bonchev–Trinajstić information content (AvgIpc) is 3.00. The van der Waals surface area contributed by atoms with Crippen molar-refractivity contribution in [3.63, 3.8) is 0 Å². The van der Waals surface area contributed by atoms with Crippen LogP contribution in [0.2, 0.25) is 0 Å². The van der Waals surface area contributed by atoms with Gasteiger partial charge in [0.05, 0.1) is 0 Å². The molecule has 0 heterocycles. The molecule has 0 unspecified atom stereocenters. The van der Waals surface area contributed by atoms with Gasteiger partial charge in [-0.1, -0.05) is 166 Å². The predicted molar refractivity (Wildman–Crippen MR) is 186 cm³/mol. The van der Waals surface area contributed by atoms with E-state index in [4.69, 9.17) is 0 Å². The van der Waals surface area contributed by atoms with E-state index in [0.29, 0.717) is 0 Å². The summed E-state index contributed by atoms with van der Waals surface area (Å²) in [4.78, 5) is 0.